The molecule has 1 aromatic carbocycles. The number of hydrogen-bond donors (Lipinski definition) is 0. The minimum Gasteiger partial charge on any atom is -0.399 e. The smallest absolute Gasteiger partial charge is 0.399 e. The average Bonchev–Trinajstić information content (AvgIpc) is 2.44. The molecular formula is C12H13BBrF3O2. The van der Waals surface area contributed by atoms with Gasteiger partial charge >= 0.3 is 7.12 Å². The van der Waals surface area contributed by atoms with Crippen LogP contribution in [0.5, 0.6) is 0 Å². The molecule has 0 aliphatic carbocycles. The molecule has 0 radical (unpaired) electrons. The molecule has 0 bridgehead atoms. The molecule has 1 saturated heterocycles. The number of halogens is 4. The van der Waals surface area contributed by atoms with Crippen molar-refractivity contribution in [1.82, 2.24) is 0 Å². The van der Waals surface area contributed by atoms with E-state index in [2.05, 4.69) is 15.9 Å². The fourth-order valence-corrected chi connectivity index (χ4v) is 2.32. The molecule has 1 fully saturated rings. The monoisotopic (exact) mass is 336 g/mol. The van der Waals surface area contributed by atoms with E-state index in [1.54, 1.807) is 27.7 Å². The van der Waals surface area contributed by atoms with E-state index in [9.17, 15) is 13.2 Å². The summed E-state index contributed by atoms with van der Waals surface area (Å²) in [6.45, 7) is 7.16. The summed E-state index contributed by atoms with van der Waals surface area (Å²) < 4.78 is 51.6. The van der Waals surface area contributed by atoms with Gasteiger partial charge in [-0.25, -0.2) is 13.2 Å². The van der Waals surface area contributed by atoms with Crippen LogP contribution in [0.3, 0.4) is 0 Å². The van der Waals surface area contributed by atoms with Gasteiger partial charge in [-0.1, -0.05) is 15.9 Å². The topological polar surface area (TPSA) is 18.5 Å². The first-order valence-corrected chi connectivity index (χ1v) is 6.54. The third-order valence-electron chi connectivity index (χ3n) is 3.64. The van der Waals surface area contributed by atoms with Crippen LogP contribution in [0.4, 0.5) is 13.2 Å². The third-order valence-corrected chi connectivity index (χ3v) is 4.29. The second kappa shape index (κ2) is 4.50. The van der Waals surface area contributed by atoms with Gasteiger partial charge in [0.2, 0.25) is 0 Å². The van der Waals surface area contributed by atoms with Crippen molar-refractivity contribution in [2.24, 2.45) is 0 Å². The standard InChI is InChI=1S/C12H13BBrF3O2/c1-11(2)12(3,4)19-13(18-11)8-6(14)5-7(15)9(16)10(8)17/h5H,1-4H3. The van der Waals surface area contributed by atoms with Gasteiger partial charge in [-0.15, -0.1) is 0 Å². The van der Waals surface area contributed by atoms with Gasteiger partial charge in [0.25, 0.3) is 0 Å². The lowest BCUT2D eigenvalue weighted by atomic mass is 9.78. The minimum atomic E-state index is -1.53. The Hall–Kier alpha value is -0.525. The van der Waals surface area contributed by atoms with E-state index < -0.39 is 35.8 Å². The molecule has 0 atom stereocenters. The third kappa shape index (κ3) is 2.32. The zero-order chi connectivity index (χ0) is 14.6. The molecule has 104 valence electrons. The fraction of sp³-hybridized carbons (Fsp3) is 0.500. The molecule has 0 amide bonds. The maximum Gasteiger partial charge on any atom is 0.499 e. The Morgan fingerprint density at radius 2 is 1.47 bits per heavy atom. The molecule has 0 saturated carbocycles. The molecule has 19 heavy (non-hydrogen) atoms. The lowest BCUT2D eigenvalue weighted by molar-refractivity contribution is 0.00578. The highest BCUT2D eigenvalue weighted by Crippen LogP contribution is 2.37. The Morgan fingerprint density at radius 3 is 1.95 bits per heavy atom. The highest BCUT2D eigenvalue weighted by Gasteiger charge is 2.53. The Labute approximate surface area is 118 Å². The van der Waals surface area contributed by atoms with Crippen molar-refractivity contribution in [3.63, 3.8) is 0 Å². The van der Waals surface area contributed by atoms with Crippen LogP contribution >= 0.6 is 15.9 Å². The molecule has 1 aliphatic rings. The first-order chi connectivity index (χ1) is 8.57. The number of rotatable bonds is 1. The molecule has 1 aliphatic heterocycles. The van der Waals surface area contributed by atoms with E-state index in [1.165, 1.54) is 0 Å². The molecule has 0 unspecified atom stereocenters. The number of hydrogen-bond acceptors (Lipinski definition) is 2. The van der Waals surface area contributed by atoms with Crippen LogP contribution in [0.15, 0.2) is 10.5 Å². The van der Waals surface area contributed by atoms with Gasteiger partial charge in [0.15, 0.2) is 17.5 Å². The second-order valence-electron chi connectivity index (χ2n) is 5.47. The zero-order valence-electron chi connectivity index (χ0n) is 11.0. The Morgan fingerprint density at radius 1 is 1.00 bits per heavy atom. The Balaban J connectivity index is 2.49. The van der Waals surface area contributed by atoms with E-state index in [0.29, 0.717) is 0 Å². The predicted molar refractivity (Wildman–Crippen MR) is 69.7 cm³/mol. The molecule has 1 aromatic rings. The van der Waals surface area contributed by atoms with Crippen LogP contribution in [0.1, 0.15) is 27.7 Å². The van der Waals surface area contributed by atoms with Crippen LogP contribution in [0.25, 0.3) is 0 Å². The van der Waals surface area contributed by atoms with Crippen LogP contribution in [-0.2, 0) is 9.31 Å². The summed E-state index contributed by atoms with van der Waals surface area (Å²) in [4.78, 5) is 0. The molecule has 7 heteroatoms. The quantitative estimate of drug-likeness (QED) is 0.445. The van der Waals surface area contributed by atoms with Crippen LogP contribution in [0.2, 0.25) is 0 Å². The van der Waals surface area contributed by atoms with Crippen LogP contribution in [0, 0.1) is 17.5 Å². The van der Waals surface area contributed by atoms with E-state index in [-0.39, 0.29) is 9.94 Å². The van der Waals surface area contributed by atoms with Gasteiger partial charge in [0.05, 0.1) is 11.2 Å². The second-order valence-corrected chi connectivity index (χ2v) is 6.32. The van der Waals surface area contributed by atoms with Gasteiger partial charge in [0, 0.05) is 9.94 Å². The SMILES string of the molecule is CC1(C)OB(c2c(Br)cc(F)c(F)c2F)OC1(C)C. The minimum absolute atomic E-state index is 0.0717. The first-order valence-electron chi connectivity index (χ1n) is 5.75. The largest absolute Gasteiger partial charge is 0.499 e. The number of benzene rings is 1. The van der Waals surface area contributed by atoms with Crippen molar-refractivity contribution in [2.45, 2.75) is 38.9 Å². The fourth-order valence-electron chi connectivity index (χ4n) is 1.76. The van der Waals surface area contributed by atoms with E-state index in [1.807, 2.05) is 0 Å². The molecule has 0 N–H and O–H groups in total. The highest BCUT2D eigenvalue weighted by molar-refractivity contribution is 9.10. The van der Waals surface area contributed by atoms with Gasteiger partial charge < -0.3 is 9.31 Å². The van der Waals surface area contributed by atoms with Crippen molar-refractivity contribution >= 4 is 28.5 Å². The predicted octanol–water partition coefficient (Wildman–Crippen LogP) is 3.17. The average molecular weight is 337 g/mol. The molecule has 0 aromatic heterocycles. The molecular weight excluding hydrogens is 324 g/mol. The van der Waals surface area contributed by atoms with E-state index in [4.69, 9.17) is 9.31 Å². The molecule has 2 rings (SSSR count). The van der Waals surface area contributed by atoms with E-state index in [0.717, 1.165) is 6.07 Å². The van der Waals surface area contributed by atoms with Crippen molar-refractivity contribution in [3.8, 4) is 0 Å². The summed E-state index contributed by atoms with van der Waals surface area (Å²) in [5.74, 6) is -4.09. The molecule has 0 spiro atoms. The normalized spacial score (nSPS) is 20.9. The molecule has 1 heterocycles. The summed E-state index contributed by atoms with van der Waals surface area (Å²) in [5, 5.41) is 0. The first kappa shape index (κ1) is 14.9. The van der Waals surface area contributed by atoms with Crippen molar-refractivity contribution in [2.75, 3.05) is 0 Å². The highest BCUT2D eigenvalue weighted by atomic mass is 79.9. The van der Waals surface area contributed by atoms with Crippen LogP contribution in [-0.4, -0.2) is 18.3 Å². The summed E-state index contributed by atoms with van der Waals surface area (Å²) in [6, 6.07) is 0.860. The summed E-state index contributed by atoms with van der Waals surface area (Å²) in [7, 11) is -1.09. The van der Waals surface area contributed by atoms with E-state index >= 15 is 0 Å². The van der Waals surface area contributed by atoms with Gasteiger partial charge in [-0.05, 0) is 33.8 Å². The Kier molecular flexibility index (Phi) is 3.52. The lowest BCUT2D eigenvalue weighted by Crippen LogP contribution is -2.41. The summed E-state index contributed by atoms with van der Waals surface area (Å²) in [6.07, 6.45) is 0. The maximum atomic E-state index is 13.9. The lowest BCUT2D eigenvalue weighted by Gasteiger charge is -2.32. The van der Waals surface area contributed by atoms with Crippen LogP contribution < -0.4 is 5.46 Å². The Bertz CT molecular complexity index is 518. The van der Waals surface area contributed by atoms with Crippen molar-refractivity contribution < 1.29 is 22.5 Å². The van der Waals surface area contributed by atoms with Gasteiger partial charge in [-0.2, -0.15) is 0 Å². The summed E-state index contributed by atoms with van der Waals surface area (Å²) >= 11 is 3.01. The molecule has 2 nitrogen and oxygen atoms in total. The van der Waals surface area contributed by atoms with Gasteiger partial charge in [-0.3, -0.25) is 0 Å². The van der Waals surface area contributed by atoms with Gasteiger partial charge in [0.1, 0.15) is 0 Å². The zero-order valence-corrected chi connectivity index (χ0v) is 12.6. The maximum absolute atomic E-state index is 13.9. The summed E-state index contributed by atoms with van der Waals surface area (Å²) in [5.41, 5.74) is -1.54. The van der Waals surface area contributed by atoms with Crippen molar-refractivity contribution in [3.05, 3.63) is 28.0 Å². The van der Waals surface area contributed by atoms with Crippen molar-refractivity contribution in [1.29, 1.82) is 0 Å².